The molecule has 7 nitrogen and oxygen atoms in total. The van der Waals surface area contributed by atoms with Crippen molar-refractivity contribution < 1.29 is 21.6 Å². The Kier molecular flexibility index (Phi) is 6.35. The molecule has 1 saturated heterocycles. The second-order valence-corrected chi connectivity index (χ2v) is 11.6. The van der Waals surface area contributed by atoms with Crippen molar-refractivity contribution in [3.8, 4) is 0 Å². The maximum atomic E-state index is 13.0. The first-order chi connectivity index (χ1) is 14.0. The van der Waals surface area contributed by atoms with Gasteiger partial charge in [0.15, 0.2) is 9.84 Å². The van der Waals surface area contributed by atoms with E-state index in [9.17, 15) is 21.6 Å². The molecule has 1 amide bonds. The molecule has 1 aliphatic heterocycles. The minimum absolute atomic E-state index is 0.178. The standard InChI is InChI=1S/C21H26N2O5S2/c1-15-6-10-19(11-7-15)30(27,28)23-14-4-5-20(23)21(24)22-16(2)17-8-12-18(13-9-17)29(3,25)26/h6-13,16,20H,4-5,14H2,1-3H3,(H,22,24)/t16?,20-/m0/s1. The normalized spacial score (nSPS) is 18.8. The molecule has 0 saturated carbocycles. The summed E-state index contributed by atoms with van der Waals surface area (Å²) in [6.07, 6.45) is 2.20. The number of rotatable bonds is 6. The number of benzene rings is 2. The third-order valence-electron chi connectivity index (χ3n) is 5.30. The van der Waals surface area contributed by atoms with Gasteiger partial charge in [-0.1, -0.05) is 29.8 Å². The molecule has 1 unspecified atom stereocenters. The van der Waals surface area contributed by atoms with Crippen LogP contribution in [0.5, 0.6) is 0 Å². The van der Waals surface area contributed by atoms with Crippen LogP contribution in [0.4, 0.5) is 0 Å². The summed E-state index contributed by atoms with van der Waals surface area (Å²) in [5, 5.41) is 2.86. The summed E-state index contributed by atoms with van der Waals surface area (Å²) in [7, 11) is -7.06. The largest absolute Gasteiger partial charge is 0.348 e. The molecule has 9 heteroatoms. The molecular weight excluding hydrogens is 424 g/mol. The molecule has 2 atom stereocenters. The number of sulfone groups is 1. The molecule has 0 bridgehead atoms. The summed E-state index contributed by atoms with van der Waals surface area (Å²) in [5.74, 6) is -0.358. The van der Waals surface area contributed by atoms with E-state index in [0.717, 1.165) is 17.4 Å². The van der Waals surface area contributed by atoms with E-state index in [1.807, 2.05) is 6.92 Å². The molecule has 1 aliphatic rings. The third-order valence-corrected chi connectivity index (χ3v) is 8.35. The summed E-state index contributed by atoms with van der Waals surface area (Å²) in [6, 6.07) is 11.7. The number of nitrogens with zero attached hydrogens (tertiary/aromatic N) is 1. The van der Waals surface area contributed by atoms with E-state index in [4.69, 9.17) is 0 Å². The fraction of sp³-hybridized carbons (Fsp3) is 0.381. The topological polar surface area (TPSA) is 101 Å². The second-order valence-electron chi connectivity index (χ2n) is 7.66. The van der Waals surface area contributed by atoms with Gasteiger partial charge in [0.1, 0.15) is 6.04 Å². The van der Waals surface area contributed by atoms with Crippen LogP contribution in [0.2, 0.25) is 0 Å². The summed E-state index contributed by atoms with van der Waals surface area (Å²) >= 11 is 0. The van der Waals surface area contributed by atoms with Crippen LogP contribution >= 0.6 is 0 Å². The number of aryl methyl sites for hydroxylation is 1. The van der Waals surface area contributed by atoms with E-state index in [0.29, 0.717) is 19.4 Å². The predicted molar refractivity (Wildman–Crippen MR) is 114 cm³/mol. The van der Waals surface area contributed by atoms with Crippen molar-refractivity contribution in [1.82, 2.24) is 9.62 Å². The van der Waals surface area contributed by atoms with E-state index in [2.05, 4.69) is 5.32 Å². The van der Waals surface area contributed by atoms with E-state index in [-0.39, 0.29) is 15.7 Å². The summed E-state index contributed by atoms with van der Waals surface area (Å²) in [5.41, 5.74) is 1.70. The van der Waals surface area contributed by atoms with Crippen LogP contribution < -0.4 is 5.32 Å². The van der Waals surface area contributed by atoms with Crippen LogP contribution in [0.1, 0.15) is 36.9 Å². The Hall–Kier alpha value is -2.23. The number of hydrogen-bond donors (Lipinski definition) is 1. The average molecular weight is 451 g/mol. The van der Waals surface area contributed by atoms with Gasteiger partial charge in [0.05, 0.1) is 15.8 Å². The van der Waals surface area contributed by atoms with Gasteiger partial charge >= 0.3 is 0 Å². The zero-order valence-electron chi connectivity index (χ0n) is 17.2. The lowest BCUT2D eigenvalue weighted by molar-refractivity contribution is -0.124. The highest BCUT2D eigenvalue weighted by atomic mass is 32.2. The molecule has 0 aromatic heterocycles. The Bertz CT molecular complexity index is 1120. The second kappa shape index (κ2) is 8.49. The fourth-order valence-corrected chi connectivity index (χ4v) is 5.82. The zero-order valence-corrected chi connectivity index (χ0v) is 18.8. The van der Waals surface area contributed by atoms with E-state index < -0.39 is 31.9 Å². The molecule has 1 N–H and O–H groups in total. The molecule has 3 rings (SSSR count). The molecule has 1 fully saturated rings. The maximum Gasteiger partial charge on any atom is 0.243 e. The van der Waals surface area contributed by atoms with Gasteiger partial charge in [-0.15, -0.1) is 0 Å². The predicted octanol–water partition coefficient (Wildman–Crippen LogP) is 2.43. The van der Waals surface area contributed by atoms with Gasteiger partial charge in [-0.05, 0) is 56.5 Å². The van der Waals surface area contributed by atoms with Gasteiger partial charge < -0.3 is 5.32 Å². The van der Waals surface area contributed by atoms with Crippen molar-refractivity contribution in [1.29, 1.82) is 0 Å². The summed E-state index contributed by atoms with van der Waals surface area (Å²) in [6.45, 7) is 3.96. The molecule has 0 radical (unpaired) electrons. The maximum absolute atomic E-state index is 13.0. The number of hydrogen-bond acceptors (Lipinski definition) is 5. The van der Waals surface area contributed by atoms with Gasteiger partial charge in [-0.3, -0.25) is 4.79 Å². The number of carbonyl (C=O) groups is 1. The van der Waals surface area contributed by atoms with Gasteiger partial charge in [-0.2, -0.15) is 4.31 Å². The third kappa shape index (κ3) is 4.74. The van der Waals surface area contributed by atoms with E-state index in [1.165, 1.54) is 16.4 Å². The lowest BCUT2D eigenvalue weighted by Crippen LogP contribution is -2.46. The highest BCUT2D eigenvalue weighted by Crippen LogP contribution is 2.27. The first-order valence-electron chi connectivity index (χ1n) is 9.69. The smallest absolute Gasteiger partial charge is 0.243 e. The summed E-state index contributed by atoms with van der Waals surface area (Å²) < 4.78 is 50.5. The van der Waals surface area contributed by atoms with E-state index in [1.54, 1.807) is 43.3 Å². The zero-order chi connectivity index (χ0) is 22.1. The fourth-order valence-electron chi connectivity index (χ4n) is 3.53. The quantitative estimate of drug-likeness (QED) is 0.728. The van der Waals surface area contributed by atoms with Crippen LogP contribution in [0, 0.1) is 6.92 Å². The highest BCUT2D eigenvalue weighted by Gasteiger charge is 2.39. The number of nitrogens with one attached hydrogen (secondary N) is 1. The van der Waals surface area contributed by atoms with Gasteiger partial charge in [-0.25, -0.2) is 16.8 Å². The molecule has 162 valence electrons. The lowest BCUT2D eigenvalue weighted by Gasteiger charge is -2.25. The Balaban J connectivity index is 1.75. The molecule has 30 heavy (non-hydrogen) atoms. The van der Waals surface area contributed by atoms with Crippen LogP contribution in [0.3, 0.4) is 0 Å². The monoisotopic (exact) mass is 450 g/mol. The van der Waals surface area contributed by atoms with Crippen molar-refractivity contribution in [3.05, 3.63) is 59.7 Å². The van der Waals surface area contributed by atoms with Crippen LogP contribution in [0.15, 0.2) is 58.3 Å². The molecule has 0 spiro atoms. The van der Waals surface area contributed by atoms with Crippen molar-refractivity contribution in [2.75, 3.05) is 12.8 Å². The van der Waals surface area contributed by atoms with Crippen molar-refractivity contribution in [2.45, 2.75) is 48.6 Å². The highest BCUT2D eigenvalue weighted by molar-refractivity contribution is 7.90. The minimum atomic E-state index is -3.77. The van der Waals surface area contributed by atoms with Crippen LogP contribution in [0.25, 0.3) is 0 Å². The number of sulfonamides is 1. The van der Waals surface area contributed by atoms with Gasteiger partial charge in [0, 0.05) is 12.8 Å². The Labute approximate surface area is 178 Å². The molecule has 2 aromatic rings. The van der Waals surface area contributed by atoms with E-state index >= 15 is 0 Å². The number of carbonyl (C=O) groups excluding carboxylic acids is 1. The first-order valence-corrected chi connectivity index (χ1v) is 13.0. The molecule has 0 aliphatic carbocycles. The Morgan fingerprint density at radius 2 is 1.57 bits per heavy atom. The van der Waals surface area contributed by atoms with Gasteiger partial charge in [0.2, 0.25) is 15.9 Å². The SMILES string of the molecule is Cc1ccc(S(=O)(=O)N2CCC[C@H]2C(=O)NC(C)c2ccc(S(C)(=O)=O)cc2)cc1. The average Bonchev–Trinajstić information content (AvgIpc) is 3.18. The molecule has 2 aromatic carbocycles. The minimum Gasteiger partial charge on any atom is -0.348 e. The van der Waals surface area contributed by atoms with Crippen molar-refractivity contribution in [2.24, 2.45) is 0 Å². The van der Waals surface area contributed by atoms with Gasteiger partial charge in [0.25, 0.3) is 0 Å². The van der Waals surface area contributed by atoms with Crippen molar-refractivity contribution in [3.63, 3.8) is 0 Å². The summed E-state index contributed by atoms with van der Waals surface area (Å²) in [4.78, 5) is 13.3. The van der Waals surface area contributed by atoms with Crippen LogP contribution in [-0.2, 0) is 24.7 Å². The molecule has 1 heterocycles. The Morgan fingerprint density at radius 1 is 1.00 bits per heavy atom. The Morgan fingerprint density at radius 3 is 2.13 bits per heavy atom. The molecular formula is C21H26N2O5S2. The van der Waals surface area contributed by atoms with Crippen molar-refractivity contribution >= 4 is 25.8 Å². The lowest BCUT2D eigenvalue weighted by atomic mass is 10.1. The number of amides is 1. The first kappa shape index (κ1) is 22.5. The van der Waals surface area contributed by atoms with Crippen LogP contribution in [-0.4, -0.2) is 45.9 Å².